The average Bonchev–Trinajstić information content (AvgIpc) is 3.83. The number of fused-ring (bicyclic) bond motifs is 1. The van der Waals surface area contributed by atoms with E-state index in [4.69, 9.17) is 37.9 Å². The van der Waals surface area contributed by atoms with Crippen molar-refractivity contribution >= 4 is 59.3 Å². The van der Waals surface area contributed by atoms with E-state index in [0.717, 1.165) is 35.7 Å². The molecule has 0 saturated carbocycles. The Morgan fingerprint density at radius 2 is 0.757 bits per heavy atom. The van der Waals surface area contributed by atoms with Crippen molar-refractivity contribution in [3.8, 4) is 46.6 Å². The largest absolute Gasteiger partial charge is 0.494 e. The van der Waals surface area contributed by atoms with Crippen molar-refractivity contribution in [2.45, 2.75) is 35.5 Å². The number of hydrogen-bond donors (Lipinski definition) is 0. The second kappa shape index (κ2) is 25.5. The fraction of sp³-hybridized carbons (Fsp3) is 0.154. The maximum Gasteiger partial charge on any atom is 0.343 e. The molecule has 18 heteroatoms. The molecule has 1 aliphatic rings. The van der Waals surface area contributed by atoms with Crippen LogP contribution in [0.5, 0.6) is 34.5 Å². The summed E-state index contributed by atoms with van der Waals surface area (Å²) in [5, 5.41) is 19.2. The monoisotopic (exact) mass is 980 g/mol. The third-order valence-corrected chi connectivity index (χ3v) is 12.1. The normalized spacial score (nSPS) is 11.0. The van der Waals surface area contributed by atoms with Gasteiger partial charge in [-0.3, -0.25) is 0 Å². The van der Waals surface area contributed by atoms with E-state index in [1.807, 2.05) is 12.1 Å². The average molecular weight is 981 g/mol. The molecule has 354 valence electrons. The zero-order valence-electron chi connectivity index (χ0n) is 37.0. The summed E-state index contributed by atoms with van der Waals surface area (Å²) in [7, 11) is 0. The predicted octanol–water partition coefficient (Wildman–Crippen LogP) is 9.80. The Balaban J connectivity index is 1.02. The van der Waals surface area contributed by atoms with Crippen LogP contribution in [0.1, 0.15) is 67.1 Å². The third-order valence-electron chi connectivity index (χ3n) is 9.48. The van der Waals surface area contributed by atoms with Crippen LogP contribution in [-0.4, -0.2) is 62.2 Å². The Kier molecular flexibility index (Phi) is 18.5. The van der Waals surface area contributed by atoms with Crippen molar-refractivity contribution in [3.05, 3.63) is 167 Å². The van der Waals surface area contributed by atoms with Gasteiger partial charge in [0.1, 0.15) is 52.2 Å². The lowest BCUT2D eigenvalue weighted by Gasteiger charge is -2.12. The lowest BCUT2D eigenvalue weighted by Crippen LogP contribution is -2.12. The highest BCUT2D eigenvalue weighted by Crippen LogP contribution is 2.59. The number of benzene rings is 5. The van der Waals surface area contributed by atoms with Gasteiger partial charge in [0, 0.05) is 12.2 Å². The molecule has 16 nitrogen and oxygen atoms in total. The summed E-state index contributed by atoms with van der Waals surface area (Å²) in [5.74, 6) is -2.27. The smallest absolute Gasteiger partial charge is 0.343 e. The van der Waals surface area contributed by atoms with E-state index in [2.05, 4.69) is 13.2 Å². The first-order chi connectivity index (χ1) is 34.0. The van der Waals surface area contributed by atoms with Gasteiger partial charge >= 0.3 is 35.8 Å². The molecule has 5 aromatic rings. The van der Waals surface area contributed by atoms with Crippen molar-refractivity contribution in [1.82, 2.24) is 0 Å². The number of carbonyl (C=O) groups is 6. The topological polar surface area (TPSA) is 224 Å². The first kappa shape index (κ1) is 50.8. The molecule has 0 fully saturated rings. The molecule has 0 unspecified atom stereocenters. The highest BCUT2D eigenvalue weighted by molar-refractivity contribution is 8.24. The Labute approximate surface area is 410 Å². The minimum Gasteiger partial charge on any atom is -0.494 e. The molecule has 1 aliphatic heterocycles. The molecule has 5 aromatic carbocycles. The van der Waals surface area contributed by atoms with Crippen LogP contribution < -0.4 is 28.4 Å². The Bertz CT molecular complexity index is 2690. The first-order valence-corrected chi connectivity index (χ1v) is 22.8. The van der Waals surface area contributed by atoms with Gasteiger partial charge in [0.2, 0.25) is 0 Å². The Hall–Kier alpha value is -8.58. The molecule has 0 amide bonds. The summed E-state index contributed by atoms with van der Waals surface area (Å²) < 4.78 is 44.0. The lowest BCUT2D eigenvalue weighted by atomic mass is 10.2. The minimum atomic E-state index is -0.775. The zero-order chi connectivity index (χ0) is 49.8. The van der Waals surface area contributed by atoms with E-state index < -0.39 is 35.8 Å². The summed E-state index contributed by atoms with van der Waals surface area (Å²) in [5.41, 5.74) is 0.540. The van der Waals surface area contributed by atoms with Crippen molar-refractivity contribution < 1.29 is 66.7 Å². The molecule has 0 atom stereocenters. The van der Waals surface area contributed by atoms with Gasteiger partial charge < -0.3 is 37.9 Å². The van der Waals surface area contributed by atoms with Crippen LogP contribution in [0, 0.1) is 22.7 Å². The third kappa shape index (κ3) is 14.5. The number of carbonyl (C=O) groups excluding carboxylic acids is 6. The fourth-order valence-corrected chi connectivity index (χ4v) is 8.38. The van der Waals surface area contributed by atoms with Crippen LogP contribution in [0.3, 0.4) is 0 Å². The number of esters is 6. The number of rotatable bonds is 22. The molecular formula is C52H40N2O14S2. The predicted molar refractivity (Wildman–Crippen MR) is 254 cm³/mol. The first-order valence-electron chi connectivity index (χ1n) is 21.2. The van der Waals surface area contributed by atoms with Crippen molar-refractivity contribution in [3.63, 3.8) is 0 Å². The Morgan fingerprint density at radius 3 is 1.09 bits per heavy atom. The minimum absolute atomic E-state index is 0.0634. The van der Waals surface area contributed by atoms with Crippen LogP contribution in [0.2, 0.25) is 0 Å². The summed E-state index contributed by atoms with van der Waals surface area (Å²) in [6, 6.07) is 30.6. The van der Waals surface area contributed by atoms with E-state index in [1.54, 1.807) is 48.5 Å². The van der Waals surface area contributed by atoms with Gasteiger partial charge in [-0.1, -0.05) is 36.7 Å². The second-order valence-electron chi connectivity index (χ2n) is 14.3. The van der Waals surface area contributed by atoms with Crippen molar-refractivity contribution in [2.24, 2.45) is 0 Å². The maximum absolute atomic E-state index is 13.4. The molecule has 0 saturated heterocycles. The van der Waals surface area contributed by atoms with Crippen molar-refractivity contribution in [1.29, 1.82) is 10.5 Å². The number of nitrogens with zero attached hydrogens (tertiary/aromatic N) is 2. The molecule has 0 radical (unpaired) electrons. The van der Waals surface area contributed by atoms with Gasteiger partial charge in [-0.05, 0) is 135 Å². The number of allylic oxidation sites excluding steroid dienone is 1. The number of hydrogen-bond acceptors (Lipinski definition) is 18. The Morgan fingerprint density at radius 1 is 0.443 bits per heavy atom. The van der Waals surface area contributed by atoms with Gasteiger partial charge in [0.15, 0.2) is 0 Å². The highest BCUT2D eigenvalue weighted by atomic mass is 32.2. The fourth-order valence-electron chi connectivity index (χ4n) is 5.90. The van der Waals surface area contributed by atoms with Crippen molar-refractivity contribution in [2.75, 3.05) is 26.4 Å². The van der Waals surface area contributed by atoms with Crippen LogP contribution in [0.25, 0.3) is 0 Å². The van der Waals surface area contributed by atoms with E-state index in [1.165, 1.54) is 60.7 Å². The SMILES string of the molecule is C=CC(=O)OCCCCOc1ccc(C(=O)Oc2ccc(C(=O)Oc3ccc(OC(=O)c4ccc(OC(=O)c5ccc(OCCCCOC(=O)C=C)cc5)cc4)c4c3SC(=C(C#N)C#N)S4)cc2)cc1. The molecule has 0 aliphatic carbocycles. The van der Waals surface area contributed by atoms with Gasteiger partial charge in [-0.25, -0.2) is 28.8 Å². The van der Waals surface area contributed by atoms with Crippen LogP contribution >= 0.6 is 23.5 Å². The molecule has 0 N–H and O–H groups in total. The van der Waals surface area contributed by atoms with Gasteiger partial charge in [0.25, 0.3) is 0 Å². The summed E-state index contributed by atoms with van der Waals surface area (Å²) in [4.78, 5) is 75.3. The molecular weight excluding hydrogens is 941 g/mol. The maximum atomic E-state index is 13.4. The van der Waals surface area contributed by atoms with Gasteiger partial charge in [-0.2, -0.15) is 10.5 Å². The molecule has 70 heavy (non-hydrogen) atoms. The van der Waals surface area contributed by atoms with Crippen LogP contribution in [0.4, 0.5) is 0 Å². The van der Waals surface area contributed by atoms with Gasteiger partial charge in [0.05, 0.1) is 62.7 Å². The molecule has 6 rings (SSSR count). The number of ether oxygens (including phenoxy) is 8. The van der Waals surface area contributed by atoms with E-state index in [-0.39, 0.29) is 68.3 Å². The standard InChI is InChI=1S/C52H40N2O14S2/c1-3-44(55)63-29-7-5-27-61-38-17-9-33(10-18-38)48(57)65-40-21-13-35(14-22-40)50(59)67-42-25-26-43(47-46(42)69-52(70-47)37(31-53)32-54)68-51(60)36-15-23-41(24-16-36)66-49(58)34-11-19-39(20-12-34)62-28-6-8-30-64-45(56)4-2/h3-4,9-26H,1-2,5-8,27-30H2. The van der Waals surface area contributed by atoms with Crippen LogP contribution in [0.15, 0.2) is 154 Å². The number of unbranched alkanes of at least 4 members (excludes halogenated alkanes) is 2. The molecule has 0 bridgehead atoms. The molecule has 0 aromatic heterocycles. The zero-order valence-corrected chi connectivity index (χ0v) is 38.7. The van der Waals surface area contributed by atoms with E-state index >= 15 is 0 Å². The second-order valence-corrected chi connectivity index (χ2v) is 16.6. The van der Waals surface area contributed by atoms with Crippen LogP contribution in [-0.2, 0) is 19.1 Å². The highest BCUT2D eigenvalue weighted by Gasteiger charge is 2.31. The van der Waals surface area contributed by atoms with E-state index in [9.17, 15) is 39.3 Å². The number of thioether (sulfide) groups is 2. The summed E-state index contributed by atoms with van der Waals surface area (Å²) in [6.45, 7) is 7.97. The lowest BCUT2D eigenvalue weighted by molar-refractivity contribution is -0.138. The number of nitriles is 2. The summed E-state index contributed by atoms with van der Waals surface area (Å²) >= 11 is 2.00. The molecule has 0 spiro atoms. The quantitative estimate of drug-likeness (QED) is 0.0207. The summed E-state index contributed by atoms with van der Waals surface area (Å²) in [6.07, 6.45) is 4.72. The molecule has 1 heterocycles. The van der Waals surface area contributed by atoms with E-state index in [0.29, 0.717) is 60.2 Å². The van der Waals surface area contributed by atoms with Gasteiger partial charge in [-0.15, -0.1) is 0 Å².